The predicted octanol–water partition coefficient (Wildman–Crippen LogP) is 3.47. The van der Waals surface area contributed by atoms with Crippen molar-refractivity contribution < 1.29 is 4.74 Å². The fourth-order valence-corrected chi connectivity index (χ4v) is 3.23. The van der Waals surface area contributed by atoms with Gasteiger partial charge in [0, 0.05) is 25.5 Å². The van der Waals surface area contributed by atoms with Crippen molar-refractivity contribution in [1.82, 2.24) is 9.97 Å². The first-order valence-electron chi connectivity index (χ1n) is 7.74. The molecule has 1 saturated heterocycles. The number of morpholine rings is 1. The third-order valence-electron chi connectivity index (χ3n) is 3.78. The van der Waals surface area contributed by atoms with Crippen molar-refractivity contribution in [2.75, 3.05) is 23.3 Å². The highest BCUT2D eigenvalue weighted by Crippen LogP contribution is 2.28. The van der Waals surface area contributed by atoms with Crippen LogP contribution >= 0.6 is 15.9 Å². The number of nitrogens with one attached hydrogen (secondary N) is 1. The lowest BCUT2D eigenvalue weighted by Crippen LogP contribution is -2.45. The summed E-state index contributed by atoms with van der Waals surface area (Å²) in [7, 11) is 0. The number of nitrogens with zero attached hydrogens (tertiary/aromatic N) is 4. The molecular formula is C17H18BrN5O. The number of nitriles is 1. The molecule has 0 spiro atoms. The lowest BCUT2D eigenvalue weighted by atomic mass is 10.2. The number of hydrogen-bond acceptors (Lipinski definition) is 6. The van der Waals surface area contributed by atoms with Crippen LogP contribution in [0.2, 0.25) is 0 Å². The summed E-state index contributed by atoms with van der Waals surface area (Å²) in [6.45, 7) is 5.81. The fraction of sp³-hybridized carbons (Fsp3) is 0.353. The van der Waals surface area contributed by atoms with E-state index in [9.17, 15) is 5.26 Å². The zero-order valence-electron chi connectivity index (χ0n) is 13.5. The lowest BCUT2D eigenvalue weighted by Gasteiger charge is -2.36. The minimum atomic E-state index is 0.194. The Bertz CT molecular complexity index is 749. The lowest BCUT2D eigenvalue weighted by molar-refractivity contribution is -0.00545. The number of rotatable bonds is 3. The highest BCUT2D eigenvalue weighted by atomic mass is 79.9. The second-order valence-corrected chi connectivity index (χ2v) is 6.70. The molecule has 124 valence electrons. The van der Waals surface area contributed by atoms with Gasteiger partial charge in [-0.1, -0.05) is 0 Å². The van der Waals surface area contributed by atoms with Gasteiger partial charge in [-0.15, -0.1) is 0 Å². The van der Waals surface area contributed by atoms with Gasteiger partial charge in [-0.05, 0) is 41.9 Å². The molecule has 3 rings (SSSR count). The van der Waals surface area contributed by atoms with Crippen molar-refractivity contribution in [2.45, 2.75) is 26.1 Å². The van der Waals surface area contributed by atoms with Gasteiger partial charge in [0.15, 0.2) is 0 Å². The van der Waals surface area contributed by atoms with Crippen molar-refractivity contribution in [3.8, 4) is 6.07 Å². The van der Waals surface area contributed by atoms with Crippen LogP contribution in [0.1, 0.15) is 19.4 Å². The maximum Gasteiger partial charge on any atom is 0.128 e. The summed E-state index contributed by atoms with van der Waals surface area (Å²) in [6.07, 6.45) is 5.35. The van der Waals surface area contributed by atoms with Gasteiger partial charge in [-0.3, -0.25) is 4.98 Å². The Morgan fingerprint density at radius 2 is 2.00 bits per heavy atom. The van der Waals surface area contributed by atoms with Crippen LogP contribution in [-0.4, -0.2) is 35.3 Å². The average molecular weight is 388 g/mol. The molecule has 3 heterocycles. The van der Waals surface area contributed by atoms with E-state index in [0.717, 1.165) is 29.1 Å². The van der Waals surface area contributed by atoms with E-state index in [1.165, 1.54) is 6.20 Å². The van der Waals surface area contributed by atoms with Gasteiger partial charge >= 0.3 is 0 Å². The molecule has 0 saturated carbocycles. The van der Waals surface area contributed by atoms with Crippen LogP contribution in [0, 0.1) is 11.3 Å². The van der Waals surface area contributed by atoms with Gasteiger partial charge in [0.2, 0.25) is 0 Å². The van der Waals surface area contributed by atoms with Crippen molar-refractivity contribution in [1.29, 1.82) is 5.26 Å². The molecule has 0 aliphatic carbocycles. The molecule has 1 N–H and O–H groups in total. The molecule has 0 unspecified atom stereocenters. The molecule has 2 aromatic heterocycles. The van der Waals surface area contributed by atoms with Crippen molar-refractivity contribution >= 4 is 33.1 Å². The Labute approximate surface area is 149 Å². The Kier molecular flexibility index (Phi) is 4.97. The van der Waals surface area contributed by atoms with Gasteiger partial charge in [-0.2, -0.15) is 5.26 Å². The first kappa shape index (κ1) is 16.7. The molecule has 1 aliphatic rings. The first-order chi connectivity index (χ1) is 11.6. The maximum absolute atomic E-state index is 9.20. The zero-order chi connectivity index (χ0) is 17.1. The monoisotopic (exact) mass is 387 g/mol. The molecule has 2 atom stereocenters. The largest absolute Gasteiger partial charge is 0.372 e. The zero-order valence-corrected chi connectivity index (χ0v) is 15.1. The summed E-state index contributed by atoms with van der Waals surface area (Å²) in [5, 5.41) is 12.4. The van der Waals surface area contributed by atoms with E-state index in [2.05, 4.69) is 56.0 Å². The molecule has 0 bridgehead atoms. The van der Waals surface area contributed by atoms with Crippen molar-refractivity contribution in [3.05, 3.63) is 40.8 Å². The van der Waals surface area contributed by atoms with Crippen LogP contribution in [0.15, 0.2) is 35.2 Å². The van der Waals surface area contributed by atoms with Crippen LogP contribution < -0.4 is 10.2 Å². The van der Waals surface area contributed by atoms with Gasteiger partial charge in [0.25, 0.3) is 0 Å². The number of pyridine rings is 2. The van der Waals surface area contributed by atoms with Crippen molar-refractivity contribution in [2.24, 2.45) is 0 Å². The Morgan fingerprint density at radius 3 is 2.62 bits per heavy atom. The van der Waals surface area contributed by atoms with E-state index in [1.807, 2.05) is 12.1 Å². The Balaban J connectivity index is 1.77. The number of hydrogen-bond donors (Lipinski definition) is 1. The van der Waals surface area contributed by atoms with E-state index < -0.39 is 0 Å². The molecule has 24 heavy (non-hydrogen) atoms. The molecule has 0 radical (unpaired) electrons. The molecular weight excluding hydrogens is 370 g/mol. The SMILES string of the molecule is C[C@@H]1CN(c2ccc(Nc3c(Br)cncc3C#N)cn2)C[C@H](C)O1. The summed E-state index contributed by atoms with van der Waals surface area (Å²) >= 11 is 3.42. The molecule has 0 amide bonds. The first-order valence-corrected chi connectivity index (χ1v) is 8.53. The fourth-order valence-electron chi connectivity index (χ4n) is 2.80. The molecule has 0 aromatic carbocycles. The van der Waals surface area contributed by atoms with E-state index in [0.29, 0.717) is 11.3 Å². The summed E-state index contributed by atoms with van der Waals surface area (Å²) in [4.78, 5) is 10.8. The number of anilines is 3. The average Bonchev–Trinajstić information content (AvgIpc) is 2.56. The van der Waals surface area contributed by atoms with Crippen LogP contribution in [0.5, 0.6) is 0 Å². The van der Waals surface area contributed by atoms with E-state index in [1.54, 1.807) is 12.4 Å². The topological polar surface area (TPSA) is 74.1 Å². The number of aromatic nitrogens is 2. The second kappa shape index (κ2) is 7.16. The number of halogens is 1. The predicted molar refractivity (Wildman–Crippen MR) is 96.4 cm³/mol. The quantitative estimate of drug-likeness (QED) is 0.868. The van der Waals surface area contributed by atoms with Crippen LogP contribution in [-0.2, 0) is 4.74 Å². The van der Waals surface area contributed by atoms with Crippen molar-refractivity contribution in [3.63, 3.8) is 0 Å². The third-order valence-corrected chi connectivity index (χ3v) is 4.38. The van der Waals surface area contributed by atoms with Crippen LogP contribution in [0.3, 0.4) is 0 Å². The molecule has 2 aromatic rings. The smallest absolute Gasteiger partial charge is 0.128 e. The van der Waals surface area contributed by atoms with Crippen LogP contribution in [0.4, 0.5) is 17.2 Å². The minimum Gasteiger partial charge on any atom is -0.372 e. The standard InChI is InChI=1S/C17H18BrN5O/c1-11-9-23(10-12(2)24-11)16-4-3-14(7-21-16)22-17-13(5-19)6-20-8-15(17)18/h3-4,6-8,11-12H,9-10H2,1-2H3,(H,20,22)/t11-,12+. The molecule has 7 heteroatoms. The highest BCUT2D eigenvalue weighted by molar-refractivity contribution is 9.10. The van der Waals surface area contributed by atoms with Gasteiger partial charge in [0.05, 0.1) is 39.8 Å². The normalized spacial score (nSPS) is 20.5. The molecule has 6 nitrogen and oxygen atoms in total. The van der Waals surface area contributed by atoms with E-state index in [4.69, 9.17) is 4.74 Å². The van der Waals surface area contributed by atoms with Crippen LogP contribution in [0.25, 0.3) is 0 Å². The summed E-state index contributed by atoms with van der Waals surface area (Å²) in [6, 6.07) is 6.07. The summed E-state index contributed by atoms with van der Waals surface area (Å²) in [5.74, 6) is 0.928. The summed E-state index contributed by atoms with van der Waals surface area (Å²) < 4.78 is 6.49. The Hall–Kier alpha value is -2.17. The second-order valence-electron chi connectivity index (χ2n) is 5.85. The molecule has 1 fully saturated rings. The highest BCUT2D eigenvalue weighted by Gasteiger charge is 2.23. The van der Waals surface area contributed by atoms with E-state index in [-0.39, 0.29) is 12.2 Å². The third kappa shape index (κ3) is 3.66. The number of ether oxygens (including phenoxy) is 1. The molecule has 1 aliphatic heterocycles. The van der Waals surface area contributed by atoms with Gasteiger partial charge in [-0.25, -0.2) is 4.98 Å². The van der Waals surface area contributed by atoms with E-state index >= 15 is 0 Å². The summed E-state index contributed by atoms with van der Waals surface area (Å²) in [5.41, 5.74) is 1.98. The minimum absolute atomic E-state index is 0.194. The maximum atomic E-state index is 9.20. The Morgan fingerprint density at radius 1 is 1.25 bits per heavy atom. The van der Waals surface area contributed by atoms with Gasteiger partial charge in [0.1, 0.15) is 11.9 Å². The van der Waals surface area contributed by atoms with Gasteiger partial charge < -0.3 is 15.0 Å².